The molecule has 0 saturated carbocycles. The lowest BCUT2D eigenvalue weighted by atomic mass is 10.1. The van der Waals surface area contributed by atoms with Crippen LogP contribution >= 0.6 is 23.2 Å². The Bertz CT molecular complexity index is 1350. The number of halogens is 2. The average Bonchev–Trinajstić information content (AvgIpc) is 3.10. The molecule has 0 atom stereocenters. The number of imidazole rings is 1. The monoisotopic (exact) mass is 445 g/mol. The molecule has 2 heterocycles. The minimum Gasteiger partial charge on any atom is -0.306 e. The Balaban J connectivity index is 1.70. The molecule has 0 saturated heterocycles. The molecule has 5 nitrogen and oxygen atoms in total. The maximum absolute atomic E-state index is 12.9. The molecule has 4 aromatic rings. The van der Waals surface area contributed by atoms with Gasteiger partial charge >= 0.3 is 0 Å². The van der Waals surface area contributed by atoms with Crippen molar-refractivity contribution in [2.45, 2.75) is 18.7 Å². The first-order valence-corrected chi connectivity index (χ1v) is 11.0. The van der Waals surface area contributed by atoms with E-state index in [0.717, 1.165) is 22.5 Å². The van der Waals surface area contributed by atoms with Crippen molar-refractivity contribution in [3.8, 4) is 11.3 Å². The highest BCUT2D eigenvalue weighted by Gasteiger charge is 2.20. The van der Waals surface area contributed by atoms with E-state index < -0.39 is 10.0 Å². The number of anilines is 1. The van der Waals surface area contributed by atoms with Crippen LogP contribution in [-0.2, 0) is 10.0 Å². The lowest BCUT2D eigenvalue weighted by Gasteiger charge is -2.11. The van der Waals surface area contributed by atoms with Gasteiger partial charge in [-0.1, -0.05) is 41.4 Å². The van der Waals surface area contributed by atoms with Gasteiger partial charge in [0.1, 0.15) is 10.5 Å². The molecular weight excluding hydrogens is 429 g/mol. The first-order chi connectivity index (χ1) is 13.7. The number of nitrogens with one attached hydrogen (secondary N) is 1. The van der Waals surface area contributed by atoms with Gasteiger partial charge in [0.05, 0.1) is 10.7 Å². The molecule has 0 amide bonds. The summed E-state index contributed by atoms with van der Waals surface area (Å²) >= 11 is 12.1. The van der Waals surface area contributed by atoms with Crippen LogP contribution in [0.4, 0.5) is 5.69 Å². The second-order valence-electron chi connectivity index (χ2n) is 6.77. The molecule has 148 valence electrons. The zero-order valence-corrected chi connectivity index (χ0v) is 18.0. The number of fused-ring (bicyclic) bond motifs is 1. The fourth-order valence-electron chi connectivity index (χ4n) is 3.08. The van der Waals surface area contributed by atoms with Gasteiger partial charge in [-0.3, -0.25) is 4.72 Å². The van der Waals surface area contributed by atoms with Crippen molar-refractivity contribution in [1.29, 1.82) is 0 Å². The van der Waals surface area contributed by atoms with E-state index in [-0.39, 0.29) is 9.92 Å². The van der Waals surface area contributed by atoms with Gasteiger partial charge in [0.2, 0.25) is 0 Å². The zero-order valence-electron chi connectivity index (χ0n) is 15.6. The van der Waals surface area contributed by atoms with E-state index in [9.17, 15) is 8.42 Å². The second-order valence-corrected chi connectivity index (χ2v) is 9.23. The third kappa shape index (κ3) is 3.83. The molecule has 0 spiro atoms. The Hall–Kier alpha value is -2.54. The molecule has 2 aromatic heterocycles. The predicted molar refractivity (Wildman–Crippen MR) is 117 cm³/mol. The van der Waals surface area contributed by atoms with E-state index in [4.69, 9.17) is 23.2 Å². The minimum atomic E-state index is -3.88. The van der Waals surface area contributed by atoms with E-state index in [2.05, 4.69) is 9.71 Å². The quantitative estimate of drug-likeness (QED) is 0.436. The van der Waals surface area contributed by atoms with Crippen LogP contribution in [0.2, 0.25) is 10.0 Å². The van der Waals surface area contributed by atoms with Crippen molar-refractivity contribution in [3.63, 3.8) is 0 Å². The zero-order chi connectivity index (χ0) is 20.8. The molecule has 0 aliphatic carbocycles. The van der Waals surface area contributed by atoms with E-state index in [0.29, 0.717) is 16.3 Å². The largest absolute Gasteiger partial charge is 0.306 e. The van der Waals surface area contributed by atoms with E-state index in [1.165, 1.54) is 12.1 Å². The first kappa shape index (κ1) is 19.8. The third-order valence-corrected chi connectivity index (χ3v) is 6.84. The molecule has 0 unspecified atom stereocenters. The van der Waals surface area contributed by atoms with Gasteiger partial charge in [0, 0.05) is 28.7 Å². The number of rotatable bonds is 4. The Labute approximate surface area is 179 Å². The standard InChI is InChI=1S/C21H17Cl2N3O2S/c1-13-5-4-8-26-12-19(24-21(13)26)15-6-3-7-16(10-15)25-29(27,28)20-9-14(2)17(22)11-18(20)23/h3-12,25H,1-2H3. The Morgan fingerprint density at radius 2 is 1.76 bits per heavy atom. The summed E-state index contributed by atoms with van der Waals surface area (Å²) in [7, 11) is -3.88. The maximum Gasteiger partial charge on any atom is 0.263 e. The average molecular weight is 446 g/mol. The number of aromatic nitrogens is 2. The summed E-state index contributed by atoms with van der Waals surface area (Å²) in [5, 5.41) is 0.484. The number of benzene rings is 2. The van der Waals surface area contributed by atoms with Crippen LogP contribution in [-0.4, -0.2) is 17.8 Å². The van der Waals surface area contributed by atoms with Crippen LogP contribution in [0.3, 0.4) is 0 Å². The topological polar surface area (TPSA) is 63.5 Å². The maximum atomic E-state index is 12.9. The SMILES string of the molecule is Cc1cc(S(=O)(=O)Nc2cccc(-c3cn4cccc(C)c4n3)c2)c(Cl)cc1Cl. The summed E-state index contributed by atoms with van der Waals surface area (Å²) in [6.45, 7) is 3.72. The number of nitrogens with zero attached hydrogens (tertiary/aromatic N) is 2. The molecule has 2 aromatic carbocycles. The van der Waals surface area contributed by atoms with E-state index >= 15 is 0 Å². The van der Waals surface area contributed by atoms with Crippen LogP contribution in [0, 0.1) is 13.8 Å². The van der Waals surface area contributed by atoms with Crippen LogP contribution in [0.5, 0.6) is 0 Å². The van der Waals surface area contributed by atoms with Gasteiger partial charge in [-0.05, 0) is 55.3 Å². The Kier molecular flexibility index (Phi) is 5.02. The summed E-state index contributed by atoms with van der Waals surface area (Å²) in [6.07, 6.45) is 3.84. The normalized spacial score (nSPS) is 11.7. The van der Waals surface area contributed by atoms with Gasteiger partial charge in [-0.2, -0.15) is 0 Å². The Morgan fingerprint density at radius 1 is 0.966 bits per heavy atom. The van der Waals surface area contributed by atoms with Gasteiger partial charge in [-0.25, -0.2) is 13.4 Å². The highest BCUT2D eigenvalue weighted by molar-refractivity contribution is 7.92. The number of hydrogen-bond acceptors (Lipinski definition) is 3. The van der Waals surface area contributed by atoms with Crippen molar-refractivity contribution in [3.05, 3.63) is 82.1 Å². The van der Waals surface area contributed by atoms with Gasteiger partial charge < -0.3 is 4.40 Å². The van der Waals surface area contributed by atoms with Crippen molar-refractivity contribution in [1.82, 2.24) is 9.38 Å². The molecule has 1 N–H and O–H groups in total. The van der Waals surface area contributed by atoms with Gasteiger partial charge in [0.25, 0.3) is 10.0 Å². The minimum absolute atomic E-state index is 0.0187. The molecule has 8 heteroatoms. The molecule has 0 bridgehead atoms. The number of aryl methyl sites for hydroxylation is 2. The summed E-state index contributed by atoms with van der Waals surface area (Å²) in [5.41, 5.74) is 4.51. The Morgan fingerprint density at radius 3 is 2.52 bits per heavy atom. The summed E-state index contributed by atoms with van der Waals surface area (Å²) in [5.74, 6) is 0. The molecule has 29 heavy (non-hydrogen) atoms. The summed E-state index contributed by atoms with van der Waals surface area (Å²) in [4.78, 5) is 4.64. The number of sulfonamides is 1. The lowest BCUT2D eigenvalue weighted by Crippen LogP contribution is -2.13. The van der Waals surface area contributed by atoms with Gasteiger partial charge in [0.15, 0.2) is 0 Å². The van der Waals surface area contributed by atoms with Crippen LogP contribution in [0.1, 0.15) is 11.1 Å². The lowest BCUT2D eigenvalue weighted by molar-refractivity contribution is 0.601. The first-order valence-electron chi connectivity index (χ1n) is 8.78. The molecule has 0 aliphatic heterocycles. The van der Waals surface area contributed by atoms with Crippen molar-refractivity contribution in [2.24, 2.45) is 0 Å². The van der Waals surface area contributed by atoms with Gasteiger partial charge in [-0.15, -0.1) is 0 Å². The predicted octanol–water partition coefficient (Wildman–Crippen LogP) is 5.73. The molecule has 0 fully saturated rings. The number of pyridine rings is 1. The van der Waals surface area contributed by atoms with Crippen LogP contribution in [0.25, 0.3) is 16.9 Å². The molecule has 4 rings (SSSR count). The fraction of sp³-hybridized carbons (Fsp3) is 0.0952. The van der Waals surface area contributed by atoms with Crippen LogP contribution in [0.15, 0.2) is 65.8 Å². The van der Waals surface area contributed by atoms with E-state index in [1.807, 2.05) is 41.9 Å². The highest BCUT2D eigenvalue weighted by Crippen LogP contribution is 2.30. The smallest absolute Gasteiger partial charge is 0.263 e. The third-order valence-electron chi connectivity index (χ3n) is 4.59. The molecule has 0 radical (unpaired) electrons. The fourth-order valence-corrected chi connectivity index (χ4v) is 4.96. The van der Waals surface area contributed by atoms with Crippen LogP contribution < -0.4 is 4.72 Å². The molecular formula is C21H17Cl2N3O2S. The summed E-state index contributed by atoms with van der Waals surface area (Å²) < 4.78 is 30.3. The highest BCUT2D eigenvalue weighted by atomic mass is 35.5. The summed E-state index contributed by atoms with van der Waals surface area (Å²) in [6, 6.07) is 13.9. The van der Waals surface area contributed by atoms with Crippen molar-refractivity contribution >= 4 is 44.6 Å². The molecule has 0 aliphatic rings. The van der Waals surface area contributed by atoms with Crippen molar-refractivity contribution in [2.75, 3.05) is 4.72 Å². The number of hydrogen-bond donors (Lipinski definition) is 1. The second kappa shape index (κ2) is 7.37. The van der Waals surface area contributed by atoms with Crippen molar-refractivity contribution < 1.29 is 8.42 Å². The van der Waals surface area contributed by atoms with E-state index in [1.54, 1.807) is 25.1 Å².